The number of hydrogen-bond donors (Lipinski definition) is 1. The molecule has 0 bridgehead atoms. The van der Waals surface area contributed by atoms with E-state index in [2.05, 4.69) is 9.55 Å². The summed E-state index contributed by atoms with van der Waals surface area (Å²) in [7, 11) is 0. The van der Waals surface area contributed by atoms with Crippen LogP contribution in [0, 0.1) is 10.7 Å². The summed E-state index contributed by atoms with van der Waals surface area (Å²) in [6, 6.07) is 5.83. The van der Waals surface area contributed by atoms with Crippen LogP contribution in [0.5, 0.6) is 0 Å². The molecule has 1 saturated heterocycles. The van der Waals surface area contributed by atoms with Crippen molar-refractivity contribution in [3.05, 3.63) is 28.0 Å². The number of aromatic nitrogens is 2. The Morgan fingerprint density at radius 3 is 3.18 bits per heavy atom. The lowest BCUT2D eigenvalue weighted by molar-refractivity contribution is 0.182. The number of ether oxygens (including phenoxy) is 1. The molecule has 1 aromatic carbocycles. The van der Waals surface area contributed by atoms with Gasteiger partial charge in [0.15, 0.2) is 4.77 Å². The smallest absolute Gasteiger partial charge is 0.178 e. The van der Waals surface area contributed by atoms with Gasteiger partial charge in [-0.15, -0.1) is 0 Å². The highest BCUT2D eigenvalue weighted by Gasteiger charge is 2.18. The molecule has 0 saturated carbocycles. The molecule has 1 unspecified atom stereocenters. The first-order valence-corrected chi connectivity index (χ1v) is 6.49. The van der Waals surface area contributed by atoms with Crippen LogP contribution < -0.4 is 0 Å². The van der Waals surface area contributed by atoms with Crippen LogP contribution in [0.1, 0.15) is 6.42 Å². The van der Waals surface area contributed by atoms with Gasteiger partial charge in [0.1, 0.15) is 0 Å². The van der Waals surface area contributed by atoms with Crippen molar-refractivity contribution in [1.82, 2.24) is 9.55 Å². The van der Waals surface area contributed by atoms with E-state index >= 15 is 0 Å². The molecule has 1 aliphatic rings. The Kier molecular flexibility index (Phi) is 2.94. The standard InChI is InChI=1S/C12H13ClN2OS/c13-9-2-1-3-10-11(9)15(12(17)14-10)6-8-4-5-16-7-8/h1-3,8H,4-7H2,(H,14,17). The number of benzene rings is 1. The molecule has 3 nitrogen and oxygen atoms in total. The van der Waals surface area contributed by atoms with Crippen molar-refractivity contribution < 1.29 is 4.74 Å². The number of nitrogens with one attached hydrogen (secondary N) is 1. The van der Waals surface area contributed by atoms with E-state index in [-0.39, 0.29) is 0 Å². The summed E-state index contributed by atoms with van der Waals surface area (Å²) in [6.45, 7) is 2.55. The van der Waals surface area contributed by atoms with Crippen LogP contribution in [0.15, 0.2) is 18.2 Å². The molecule has 17 heavy (non-hydrogen) atoms. The molecule has 0 aliphatic carbocycles. The molecule has 1 atom stereocenters. The molecule has 1 fully saturated rings. The second-order valence-corrected chi connectivity index (χ2v) is 5.20. The number of para-hydroxylation sites is 1. The van der Waals surface area contributed by atoms with Gasteiger partial charge in [-0.2, -0.15) is 0 Å². The Labute approximate surface area is 109 Å². The lowest BCUT2D eigenvalue weighted by Crippen LogP contribution is -2.10. The zero-order valence-corrected chi connectivity index (χ0v) is 10.9. The SMILES string of the molecule is S=c1[nH]c2cccc(Cl)c2n1CC1CCOC1. The fraction of sp³-hybridized carbons (Fsp3) is 0.417. The lowest BCUT2D eigenvalue weighted by Gasteiger charge is -2.10. The van der Waals surface area contributed by atoms with Gasteiger partial charge in [0, 0.05) is 19.1 Å². The topological polar surface area (TPSA) is 29.9 Å². The molecule has 1 N–H and O–H groups in total. The molecule has 0 amide bonds. The van der Waals surface area contributed by atoms with Crippen LogP contribution in [-0.2, 0) is 11.3 Å². The first kappa shape index (κ1) is 11.3. The summed E-state index contributed by atoms with van der Waals surface area (Å²) in [4.78, 5) is 3.19. The van der Waals surface area contributed by atoms with Crippen LogP contribution >= 0.6 is 23.8 Å². The predicted molar refractivity (Wildman–Crippen MR) is 71.1 cm³/mol. The molecule has 5 heteroatoms. The number of aromatic amines is 1. The molecular weight excluding hydrogens is 256 g/mol. The lowest BCUT2D eigenvalue weighted by atomic mass is 10.1. The van der Waals surface area contributed by atoms with Gasteiger partial charge in [-0.1, -0.05) is 17.7 Å². The average Bonchev–Trinajstić information content (AvgIpc) is 2.89. The largest absolute Gasteiger partial charge is 0.381 e. The van der Waals surface area contributed by atoms with Gasteiger partial charge < -0.3 is 14.3 Å². The summed E-state index contributed by atoms with van der Waals surface area (Å²) in [6.07, 6.45) is 1.10. The summed E-state index contributed by atoms with van der Waals surface area (Å²) in [5.74, 6) is 0.539. The van der Waals surface area contributed by atoms with E-state index in [4.69, 9.17) is 28.6 Å². The number of rotatable bonds is 2. The van der Waals surface area contributed by atoms with Gasteiger partial charge in [-0.3, -0.25) is 0 Å². The van der Waals surface area contributed by atoms with Crippen molar-refractivity contribution in [3.8, 4) is 0 Å². The summed E-state index contributed by atoms with van der Waals surface area (Å²) >= 11 is 11.6. The maximum Gasteiger partial charge on any atom is 0.178 e. The van der Waals surface area contributed by atoms with E-state index < -0.39 is 0 Å². The summed E-state index contributed by atoms with van der Waals surface area (Å²) in [5.41, 5.74) is 2.01. The van der Waals surface area contributed by atoms with Gasteiger partial charge in [0.25, 0.3) is 0 Å². The number of halogens is 1. The van der Waals surface area contributed by atoms with Crippen molar-refractivity contribution in [3.63, 3.8) is 0 Å². The highest BCUT2D eigenvalue weighted by molar-refractivity contribution is 7.71. The second kappa shape index (κ2) is 4.44. The Balaban J connectivity index is 2.08. The van der Waals surface area contributed by atoms with Crippen molar-refractivity contribution in [2.45, 2.75) is 13.0 Å². The van der Waals surface area contributed by atoms with Gasteiger partial charge in [-0.05, 0) is 30.8 Å². The fourth-order valence-corrected chi connectivity index (χ4v) is 2.89. The number of H-pyrrole nitrogens is 1. The van der Waals surface area contributed by atoms with Gasteiger partial charge in [0.05, 0.1) is 22.7 Å². The quantitative estimate of drug-likeness (QED) is 0.846. The van der Waals surface area contributed by atoms with Crippen molar-refractivity contribution >= 4 is 34.9 Å². The summed E-state index contributed by atoms with van der Waals surface area (Å²) in [5, 5.41) is 0.744. The third-order valence-electron chi connectivity index (χ3n) is 3.21. The third kappa shape index (κ3) is 2.01. The maximum absolute atomic E-state index is 6.24. The number of fused-ring (bicyclic) bond motifs is 1. The summed E-state index contributed by atoms with van der Waals surface area (Å²) < 4.78 is 8.22. The van der Waals surface area contributed by atoms with Crippen LogP contribution in [0.4, 0.5) is 0 Å². The van der Waals surface area contributed by atoms with E-state index in [9.17, 15) is 0 Å². The first-order chi connectivity index (χ1) is 8.25. The Hall–Kier alpha value is -0.840. The second-order valence-electron chi connectivity index (χ2n) is 4.41. The first-order valence-electron chi connectivity index (χ1n) is 5.70. The molecule has 2 aromatic rings. The number of hydrogen-bond acceptors (Lipinski definition) is 2. The molecular formula is C12H13ClN2OS. The number of imidazole rings is 1. The normalized spacial score (nSPS) is 20.2. The molecule has 0 spiro atoms. The van der Waals surface area contributed by atoms with Crippen molar-refractivity contribution in [2.75, 3.05) is 13.2 Å². The van der Waals surface area contributed by atoms with E-state index in [1.165, 1.54) is 0 Å². The van der Waals surface area contributed by atoms with E-state index in [1.807, 2.05) is 18.2 Å². The zero-order valence-electron chi connectivity index (χ0n) is 9.28. The van der Waals surface area contributed by atoms with Crippen LogP contribution in [0.3, 0.4) is 0 Å². The van der Waals surface area contributed by atoms with Gasteiger partial charge in [0.2, 0.25) is 0 Å². The Morgan fingerprint density at radius 2 is 2.41 bits per heavy atom. The van der Waals surface area contributed by atoms with Crippen LogP contribution in [-0.4, -0.2) is 22.8 Å². The molecule has 2 heterocycles. The minimum Gasteiger partial charge on any atom is -0.381 e. The zero-order chi connectivity index (χ0) is 11.8. The third-order valence-corrected chi connectivity index (χ3v) is 3.84. The average molecular weight is 269 g/mol. The van der Waals surface area contributed by atoms with Gasteiger partial charge >= 0.3 is 0 Å². The predicted octanol–water partition coefficient (Wildman–Crippen LogP) is 3.39. The van der Waals surface area contributed by atoms with E-state index in [0.29, 0.717) is 5.92 Å². The number of nitrogens with zero attached hydrogens (tertiary/aromatic N) is 1. The molecule has 1 aliphatic heterocycles. The Bertz CT molecular complexity index is 598. The van der Waals surface area contributed by atoms with Gasteiger partial charge in [-0.25, -0.2) is 0 Å². The molecule has 1 aromatic heterocycles. The van der Waals surface area contributed by atoms with E-state index in [1.54, 1.807) is 0 Å². The molecule has 90 valence electrons. The maximum atomic E-state index is 6.24. The minimum absolute atomic E-state index is 0.539. The molecule has 0 radical (unpaired) electrons. The highest BCUT2D eigenvalue weighted by atomic mass is 35.5. The fourth-order valence-electron chi connectivity index (χ4n) is 2.33. The monoisotopic (exact) mass is 268 g/mol. The highest BCUT2D eigenvalue weighted by Crippen LogP contribution is 2.25. The van der Waals surface area contributed by atoms with Crippen LogP contribution in [0.25, 0.3) is 11.0 Å². The molecule has 3 rings (SSSR count). The van der Waals surface area contributed by atoms with E-state index in [0.717, 1.165) is 47.0 Å². The van der Waals surface area contributed by atoms with Crippen molar-refractivity contribution in [1.29, 1.82) is 0 Å². The minimum atomic E-state index is 0.539. The Morgan fingerprint density at radius 1 is 1.53 bits per heavy atom. The van der Waals surface area contributed by atoms with Crippen molar-refractivity contribution in [2.24, 2.45) is 5.92 Å². The van der Waals surface area contributed by atoms with Crippen LogP contribution in [0.2, 0.25) is 5.02 Å².